The first-order valence-electron chi connectivity index (χ1n) is 7.75. The SMILES string of the molecule is CC(=O)Nc1ccc(S(=O)(=O)Nc2cccc([C@H]3NC(=O)CS3)c2)cc1. The van der Waals surface area contributed by atoms with Gasteiger partial charge >= 0.3 is 0 Å². The van der Waals surface area contributed by atoms with Gasteiger partial charge in [-0.3, -0.25) is 14.3 Å². The molecule has 0 saturated carbocycles. The highest BCUT2D eigenvalue weighted by Gasteiger charge is 2.23. The van der Waals surface area contributed by atoms with Gasteiger partial charge in [0.25, 0.3) is 10.0 Å². The van der Waals surface area contributed by atoms with Crippen LogP contribution in [-0.2, 0) is 19.6 Å². The molecule has 0 radical (unpaired) electrons. The molecule has 136 valence electrons. The van der Waals surface area contributed by atoms with Crippen LogP contribution in [0, 0.1) is 0 Å². The highest BCUT2D eigenvalue weighted by molar-refractivity contribution is 8.00. The van der Waals surface area contributed by atoms with Crippen molar-refractivity contribution in [2.24, 2.45) is 0 Å². The van der Waals surface area contributed by atoms with Gasteiger partial charge in [0, 0.05) is 18.3 Å². The van der Waals surface area contributed by atoms with Crippen molar-refractivity contribution in [1.82, 2.24) is 5.32 Å². The van der Waals surface area contributed by atoms with Crippen molar-refractivity contribution in [2.45, 2.75) is 17.2 Å². The van der Waals surface area contributed by atoms with Crippen LogP contribution in [0.25, 0.3) is 0 Å². The lowest BCUT2D eigenvalue weighted by Gasteiger charge is -2.13. The molecule has 0 aromatic heterocycles. The van der Waals surface area contributed by atoms with Crippen LogP contribution < -0.4 is 15.4 Å². The fraction of sp³-hybridized carbons (Fsp3) is 0.176. The highest BCUT2D eigenvalue weighted by Crippen LogP contribution is 2.32. The minimum Gasteiger partial charge on any atom is -0.339 e. The minimum atomic E-state index is -3.77. The Morgan fingerprint density at radius 1 is 1.15 bits per heavy atom. The van der Waals surface area contributed by atoms with E-state index in [1.165, 1.54) is 43.0 Å². The summed E-state index contributed by atoms with van der Waals surface area (Å²) in [5, 5.41) is 5.23. The van der Waals surface area contributed by atoms with E-state index in [4.69, 9.17) is 0 Å². The molecule has 7 nitrogen and oxygen atoms in total. The van der Waals surface area contributed by atoms with Crippen LogP contribution in [0.3, 0.4) is 0 Å². The summed E-state index contributed by atoms with van der Waals surface area (Å²) in [5.41, 5.74) is 1.75. The third-order valence-corrected chi connectivity index (χ3v) is 6.15. The number of hydrogen-bond donors (Lipinski definition) is 3. The van der Waals surface area contributed by atoms with E-state index in [0.29, 0.717) is 17.1 Å². The summed E-state index contributed by atoms with van der Waals surface area (Å²) in [6.45, 7) is 1.38. The van der Waals surface area contributed by atoms with E-state index in [-0.39, 0.29) is 22.1 Å². The maximum atomic E-state index is 12.5. The number of benzene rings is 2. The first-order valence-corrected chi connectivity index (χ1v) is 10.3. The summed E-state index contributed by atoms with van der Waals surface area (Å²) in [5.74, 6) is 0.124. The lowest BCUT2D eigenvalue weighted by Crippen LogP contribution is -2.19. The molecule has 2 amide bonds. The van der Waals surface area contributed by atoms with Crippen molar-refractivity contribution in [2.75, 3.05) is 15.8 Å². The predicted molar refractivity (Wildman–Crippen MR) is 101 cm³/mol. The molecule has 1 heterocycles. The Morgan fingerprint density at radius 2 is 1.88 bits per heavy atom. The Labute approximate surface area is 155 Å². The average molecular weight is 391 g/mol. The van der Waals surface area contributed by atoms with Gasteiger partial charge in [-0.2, -0.15) is 0 Å². The van der Waals surface area contributed by atoms with Crippen LogP contribution in [0.2, 0.25) is 0 Å². The van der Waals surface area contributed by atoms with Gasteiger partial charge in [0.15, 0.2) is 0 Å². The first-order chi connectivity index (χ1) is 12.3. The lowest BCUT2D eigenvalue weighted by molar-refractivity contribution is -0.118. The van der Waals surface area contributed by atoms with Crippen molar-refractivity contribution < 1.29 is 18.0 Å². The van der Waals surface area contributed by atoms with E-state index >= 15 is 0 Å². The summed E-state index contributed by atoms with van der Waals surface area (Å²) < 4.78 is 27.6. The van der Waals surface area contributed by atoms with Crippen LogP contribution in [0.5, 0.6) is 0 Å². The van der Waals surface area contributed by atoms with Crippen molar-refractivity contribution in [3.05, 3.63) is 54.1 Å². The molecule has 0 aliphatic carbocycles. The summed E-state index contributed by atoms with van der Waals surface area (Å²) in [7, 11) is -3.77. The molecule has 2 aromatic rings. The number of thioether (sulfide) groups is 1. The molecule has 26 heavy (non-hydrogen) atoms. The summed E-state index contributed by atoms with van der Waals surface area (Å²) in [6, 6.07) is 12.8. The predicted octanol–water partition coefficient (Wildman–Crippen LogP) is 2.31. The van der Waals surface area contributed by atoms with Crippen LogP contribution in [0.4, 0.5) is 11.4 Å². The molecule has 0 spiro atoms. The Kier molecular flexibility index (Phi) is 5.19. The molecule has 1 aliphatic rings. The number of amides is 2. The molecule has 1 fully saturated rings. The molecular weight excluding hydrogens is 374 g/mol. The molecule has 3 N–H and O–H groups in total. The fourth-order valence-corrected chi connectivity index (χ4v) is 4.47. The van der Waals surface area contributed by atoms with E-state index in [0.717, 1.165) is 5.56 Å². The Balaban J connectivity index is 1.77. The molecule has 9 heteroatoms. The van der Waals surface area contributed by atoms with Crippen molar-refractivity contribution >= 4 is 45.0 Å². The van der Waals surface area contributed by atoms with E-state index in [2.05, 4.69) is 15.4 Å². The van der Waals surface area contributed by atoms with Crippen molar-refractivity contribution in [1.29, 1.82) is 0 Å². The number of nitrogens with one attached hydrogen (secondary N) is 3. The highest BCUT2D eigenvalue weighted by atomic mass is 32.2. The number of carbonyl (C=O) groups is 2. The number of anilines is 2. The average Bonchev–Trinajstić information content (AvgIpc) is 3.01. The van der Waals surface area contributed by atoms with Crippen LogP contribution in [0.1, 0.15) is 17.9 Å². The molecular formula is C17H17N3O4S2. The van der Waals surface area contributed by atoms with Gasteiger partial charge in [0.05, 0.1) is 10.6 Å². The zero-order valence-electron chi connectivity index (χ0n) is 13.9. The molecule has 0 bridgehead atoms. The standard InChI is InChI=1S/C17H17N3O4S2/c1-11(21)18-13-5-7-15(8-6-13)26(23,24)20-14-4-2-3-12(9-14)17-19-16(22)10-25-17/h2-9,17,20H,10H2,1H3,(H,18,21)(H,19,22)/t17-/m0/s1. The van der Waals surface area contributed by atoms with Crippen LogP contribution >= 0.6 is 11.8 Å². The van der Waals surface area contributed by atoms with Crippen LogP contribution in [-0.4, -0.2) is 26.0 Å². The number of rotatable bonds is 5. The molecule has 1 aliphatic heterocycles. The molecule has 3 rings (SSSR count). The van der Waals surface area contributed by atoms with E-state index < -0.39 is 10.0 Å². The van der Waals surface area contributed by atoms with Gasteiger partial charge in [-0.05, 0) is 42.0 Å². The largest absolute Gasteiger partial charge is 0.339 e. The Hall–Kier alpha value is -2.52. The Bertz CT molecular complexity index is 943. The van der Waals surface area contributed by atoms with Crippen LogP contribution in [0.15, 0.2) is 53.4 Å². The molecule has 1 atom stereocenters. The molecule has 2 aromatic carbocycles. The smallest absolute Gasteiger partial charge is 0.261 e. The van der Waals surface area contributed by atoms with E-state index in [1.54, 1.807) is 18.2 Å². The monoisotopic (exact) mass is 391 g/mol. The lowest BCUT2D eigenvalue weighted by atomic mass is 10.2. The summed E-state index contributed by atoms with van der Waals surface area (Å²) in [4.78, 5) is 22.5. The number of hydrogen-bond acceptors (Lipinski definition) is 5. The topological polar surface area (TPSA) is 104 Å². The van der Waals surface area contributed by atoms with E-state index in [1.807, 2.05) is 6.07 Å². The number of sulfonamides is 1. The zero-order valence-corrected chi connectivity index (χ0v) is 15.5. The molecule has 1 saturated heterocycles. The third kappa shape index (κ3) is 4.36. The second-order valence-corrected chi connectivity index (χ2v) is 8.47. The zero-order chi connectivity index (χ0) is 18.7. The van der Waals surface area contributed by atoms with E-state index in [9.17, 15) is 18.0 Å². The van der Waals surface area contributed by atoms with Gasteiger partial charge in [-0.25, -0.2) is 8.42 Å². The first kappa shape index (κ1) is 18.3. The van der Waals surface area contributed by atoms with Gasteiger partial charge in [0.1, 0.15) is 5.37 Å². The van der Waals surface area contributed by atoms with Crippen molar-refractivity contribution in [3.63, 3.8) is 0 Å². The Morgan fingerprint density at radius 3 is 2.50 bits per heavy atom. The third-order valence-electron chi connectivity index (χ3n) is 3.60. The fourth-order valence-electron chi connectivity index (χ4n) is 2.47. The van der Waals surface area contributed by atoms with Gasteiger partial charge < -0.3 is 10.6 Å². The quantitative estimate of drug-likeness (QED) is 0.726. The van der Waals surface area contributed by atoms with Gasteiger partial charge in [-0.15, -0.1) is 11.8 Å². The summed E-state index contributed by atoms with van der Waals surface area (Å²) >= 11 is 1.46. The maximum absolute atomic E-state index is 12.5. The second kappa shape index (κ2) is 7.38. The molecule has 0 unspecified atom stereocenters. The summed E-state index contributed by atoms with van der Waals surface area (Å²) in [6.07, 6.45) is 0. The number of carbonyl (C=O) groups excluding carboxylic acids is 2. The van der Waals surface area contributed by atoms with Gasteiger partial charge in [-0.1, -0.05) is 12.1 Å². The maximum Gasteiger partial charge on any atom is 0.261 e. The van der Waals surface area contributed by atoms with Crippen molar-refractivity contribution in [3.8, 4) is 0 Å². The second-order valence-electron chi connectivity index (χ2n) is 5.70. The minimum absolute atomic E-state index is 0.0368. The van der Waals surface area contributed by atoms with Gasteiger partial charge in [0.2, 0.25) is 11.8 Å². The normalized spacial score (nSPS) is 16.8.